The Hall–Kier alpha value is -1.26. The maximum absolute atomic E-state index is 13.8. The van der Waals surface area contributed by atoms with Crippen molar-refractivity contribution in [2.75, 3.05) is 13.6 Å². The number of nitrogens with one attached hydrogen (secondary N) is 1. The number of thiazole rings is 1. The van der Waals surface area contributed by atoms with Gasteiger partial charge in [-0.05, 0) is 32.0 Å². The molecule has 0 aliphatic heterocycles. The second-order valence-corrected chi connectivity index (χ2v) is 5.40. The number of rotatable bonds is 5. The van der Waals surface area contributed by atoms with Gasteiger partial charge in [-0.15, -0.1) is 11.3 Å². The first-order valence-corrected chi connectivity index (χ1v) is 6.88. The molecule has 0 spiro atoms. The van der Waals surface area contributed by atoms with E-state index in [2.05, 4.69) is 15.7 Å². The van der Waals surface area contributed by atoms with Crippen LogP contribution in [0, 0.1) is 12.7 Å². The highest BCUT2D eigenvalue weighted by Crippen LogP contribution is 2.23. The van der Waals surface area contributed by atoms with E-state index < -0.39 is 0 Å². The lowest BCUT2D eigenvalue weighted by atomic mass is 9.94. The molecule has 1 N–H and O–H groups in total. The van der Waals surface area contributed by atoms with Gasteiger partial charge in [-0.3, -0.25) is 0 Å². The van der Waals surface area contributed by atoms with Crippen LogP contribution in [0.1, 0.15) is 22.2 Å². The molecule has 4 heteroatoms. The van der Waals surface area contributed by atoms with Gasteiger partial charge in [0.25, 0.3) is 0 Å². The zero-order valence-electron chi connectivity index (χ0n) is 10.6. The van der Waals surface area contributed by atoms with E-state index in [-0.39, 0.29) is 11.7 Å². The first-order valence-electron chi connectivity index (χ1n) is 6.00. The van der Waals surface area contributed by atoms with Gasteiger partial charge in [0, 0.05) is 17.8 Å². The number of benzene rings is 1. The summed E-state index contributed by atoms with van der Waals surface area (Å²) in [4.78, 5) is 4.46. The largest absolute Gasteiger partial charge is 0.319 e. The van der Waals surface area contributed by atoms with Gasteiger partial charge in [-0.1, -0.05) is 18.2 Å². The molecule has 0 amide bonds. The smallest absolute Gasteiger partial charge is 0.126 e. The summed E-state index contributed by atoms with van der Waals surface area (Å²) in [6.07, 6.45) is 0.770. The van der Waals surface area contributed by atoms with E-state index in [1.165, 1.54) is 6.07 Å². The van der Waals surface area contributed by atoms with Gasteiger partial charge >= 0.3 is 0 Å². The van der Waals surface area contributed by atoms with E-state index in [0.717, 1.165) is 29.2 Å². The normalized spacial score (nSPS) is 12.6. The predicted molar refractivity (Wildman–Crippen MR) is 73.6 cm³/mol. The lowest BCUT2D eigenvalue weighted by Crippen LogP contribution is -2.20. The third-order valence-electron chi connectivity index (χ3n) is 2.92. The van der Waals surface area contributed by atoms with Gasteiger partial charge in [-0.2, -0.15) is 0 Å². The summed E-state index contributed by atoms with van der Waals surface area (Å²) in [6.45, 7) is 2.74. The summed E-state index contributed by atoms with van der Waals surface area (Å²) in [5.41, 5.74) is 1.80. The van der Waals surface area contributed by atoms with Crippen molar-refractivity contribution in [3.8, 4) is 0 Å². The van der Waals surface area contributed by atoms with E-state index >= 15 is 0 Å². The van der Waals surface area contributed by atoms with Gasteiger partial charge in [0.05, 0.1) is 10.7 Å². The van der Waals surface area contributed by atoms with Gasteiger partial charge in [0.2, 0.25) is 0 Å². The number of nitrogens with zero attached hydrogens (tertiary/aromatic N) is 1. The van der Waals surface area contributed by atoms with Crippen LogP contribution in [0.5, 0.6) is 0 Å². The predicted octanol–water partition coefficient (Wildman–Crippen LogP) is 3.14. The number of aromatic nitrogens is 1. The minimum absolute atomic E-state index is 0.123. The molecule has 0 saturated heterocycles. The molecular weight excluding hydrogens is 247 g/mol. The fourth-order valence-corrected chi connectivity index (χ4v) is 2.72. The van der Waals surface area contributed by atoms with Crippen molar-refractivity contribution in [2.45, 2.75) is 19.3 Å². The van der Waals surface area contributed by atoms with Crippen molar-refractivity contribution in [2.24, 2.45) is 0 Å². The standard InChI is InChI=1S/C14H17FN2S/c1-10-17-12(9-18-10)7-11(8-16-2)13-5-3-4-6-14(13)15/h3-6,9,11,16H,7-8H2,1-2H3. The average Bonchev–Trinajstić information content (AvgIpc) is 2.75. The highest BCUT2D eigenvalue weighted by Gasteiger charge is 2.16. The molecule has 1 atom stereocenters. The zero-order chi connectivity index (χ0) is 13.0. The third kappa shape index (κ3) is 3.15. The van der Waals surface area contributed by atoms with Crippen LogP contribution >= 0.6 is 11.3 Å². The minimum Gasteiger partial charge on any atom is -0.319 e. The van der Waals surface area contributed by atoms with Crippen molar-refractivity contribution < 1.29 is 4.39 Å². The summed E-state index contributed by atoms with van der Waals surface area (Å²) >= 11 is 1.64. The average molecular weight is 264 g/mol. The molecule has 96 valence electrons. The number of likely N-dealkylation sites (N-methyl/N-ethyl adjacent to an activating group) is 1. The van der Waals surface area contributed by atoms with Gasteiger partial charge in [-0.25, -0.2) is 9.37 Å². The number of hydrogen-bond acceptors (Lipinski definition) is 3. The molecule has 0 fully saturated rings. The molecule has 0 saturated carbocycles. The Kier molecular flexibility index (Phi) is 4.44. The fourth-order valence-electron chi connectivity index (χ4n) is 2.10. The summed E-state index contributed by atoms with van der Waals surface area (Å²) in [6, 6.07) is 6.98. The first-order chi connectivity index (χ1) is 8.70. The molecule has 0 aliphatic carbocycles. The fraction of sp³-hybridized carbons (Fsp3) is 0.357. The highest BCUT2D eigenvalue weighted by atomic mass is 32.1. The quantitative estimate of drug-likeness (QED) is 0.897. The number of halogens is 1. The van der Waals surface area contributed by atoms with Gasteiger partial charge < -0.3 is 5.32 Å². The lowest BCUT2D eigenvalue weighted by Gasteiger charge is -2.16. The molecule has 0 aliphatic rings. The van der Waals surface area contributed by atoms with Crippen molar-refractivity contribution in [3.05, 3.63) is 51.7 Å². The number of aryl methyl sites for hydroxylation is 1. The van der Waals surface area contributed by atoms with Crippen LogP contribution in [0.3, 0.4) is 0 Å². The molecule has 1 heterocycles. The molecule has 0 bridgehead atoms. The van der Waals surface area contributed by atoms with Crippen LogP contribution in [-0.2, 0) is 6.42 Å². The van der Waals surface area contributed by atoms with E-state index in [4.69, 9.17) is 0 Å². The Morgan fingerprint density at radius 2 is 2.17 bits per heavy atom. The molecule has 1 aromatic carbocycles. The monoisotopic (exact) mass is 264 g/mol. The molecule has 1 unspecified atom stereocenters. The maximum Gasteiger partial charge on any atom is 0.126 e. The van der Waals surface area contributed by atoms with Crippen LogP contribution < -0.4 is 5.32 Å². The molecule has 0 radical (unpaired) electrons. The van der Waals surface area contributed by atoms with E-state index in [1.54, 1.807) is 17.4 Å². The molecule has 2 aromatic rings. The van der Waals surface area contributed by atoms with Crippen LogP contribution in [0.15, 0.2) is 29.6 Å². The first kappa shape index (κ1) is 13.2. The van der Waals surface area contributed by atoms with Gasteiger partial charge in [0.15, 0.2) is 0 Å². The van der Waals surface area contributed by atoms with Crippen LogP contribution in [-0.4, -0.2) is 18.6 Å². The molecule has 2 nitrogen and oxygen atoms in total. The Balaban J connectivity index is 2.20. The highest BCUT2D eigenvalue weighted by molar-refractivity contribution is 7.09. The van der Waals surface area contributed by atoms with E-state index in [0.29, 0.717) is 0 Å². The van der Waals surface area contributed by atoms with Crippen LogP contribution in [0.2, 0.25) is 0 Å². The van der Waals surface area contributed by atoms with Crippen LogP contribution in [0.25, 0.3) is 0 Å². The maximum atomic E-state index is 13.8. The topological polar surface area (TPSA) is 24.9 Å². The second kappa shape index (κ2) is 6.07. The van der Waals surface area contributed by atoms with Gasteiger partial charge in [0.1, 0.15) is 5.82 Å². The molecular formula is C14H17FN2S. The minimum atomic E-state index is -0.135. The summed E-state index contributed by atoms with van der Waals surface area (Å²) in [7, 11) is 1.89. The Morgan fingerprint density at radius 1 is 1.39 bits per heavy atom. The summed E-state index contributed by atoms with van der Waals surface area (Å²) in [5.74, 6) is -0.0117. The second-order valence-electron chi connectivity index (χ2n) is 4.34. The summed E-state index contributed by atoms with van der Waals surface area (Å²) in [5, 5.41) is 6.24. The Labute approximate surface area is 111 Å². The molecule has 18 heavy (non-hydrogen) atoms. The third-order valence-corrected chi connectivity index (χ3v) is 3.74. The molecule has 2 rings (SSSR count). The number of hydrogen-bond donors (Lipinski definition) is 1. The Bertz CT molecular complexity index is 510. The van der Waals surface area contributed by atoms with E-state index in [1.807, 2.05) is 26.1 Å². The SMILES string of the molecule is CNCC(Cc1csc(C)n1)c1ccccc1F. The van der Waals surface area contributed by atoms with Crippen molar-refractivity contribution in [1.29, 1.82) is 0 Å². The van der Waals surface area contributed by atoms with Crippen molar-refractivity contribution in [1.82, 2.24) is 10.3 Å². The van der Waals surface area contributed by atoms with Crippen molar-refractivity contribution in [3.63, 3.8) is 0 Å². The zero-order valence-corrected chi connectivity index (χ0v) is 11.4. The lowest BCUT2D eigenvalue weighted by molar-refractivity contribution is 0.554. The van der Waals surface area contributed by atoms with Crippen LogP contribution in [0.4, 0.5) is 4.39 Å². The summed E-state index contributed by atoms with van der Waals surface area (Å²) < 4.78 is 13.8. The van der Waals surface area contributed by atoms with E-state index in [9.17, 15) is 4.39 Å². The van der Waals surface area contributed by atoms with Crippen molar-refractivity contribution >= 4 is 11.3 Å². The Morgan fingerprint density at radius 3 is 2.78 bits per heavy atom. The molecule has 1 aromatic heterocycles.